The maximum absolute atomic E-state index is 11.6. The van der Waals surface area contributed by atoms with Crippen molar-refractivity contribution in [1.82, 2.24) is 0 Å². The molecule has 1 atom stereocenters. The fourth-order valence-electron chi connectivity index (χ4n) is 1.93. The van der Waals surface area contributed by atoms with E-state index in [-0.39, 0.29) is 11.2 Å². The first-order valence-corrected chi connectivity index (χ1v) is 6.40. The van der Waals surface area contributed by atoms with Gasteiger partial charge in [0.15, 0.2) is 0 Å². The summed E-state index contributed by atoms with van der Waals surface area (Å²) in [4.78, 5) is 12.6. The lowest BCUT2D eigenvalue weighted by molar-refractivity contribution is 0.0596. The minimum atomic E-state index is -0.753. The smallest absolute Gasteiger partial charge is 0.339 e. The topological polar surface area (TPSA) is 46.5 Å². The summed E-state index contributed by atoms with van der Waals surface area (Å²) in [6.45, 7) is 3.60. The molecule has 1 heterocycles. The summed E-state index contributed by atoms with van der Waals surface area (Å²) in [6, 6.07) is 5.63. The van der Waals surface area contributed by atoms with Crippen molar-refractivity contribution < 1.29 is 14.6 Å². The second-order valence-corrected chi connectivity index (χ2v) is 5.96. The van der Waals surface area contributed by atoms with Crippen molar-refractivity contribution in [1.29, 1.82) is 0 Å². The molecule has 92 valence electrons. The van der Waals surface area contributed by atoms with Gasteiger partial charge in [-0.15, -0.1) is 11.8 Å². The third-order valence-electron chi connectivity index (χ3n) is 2.96. The molecule has 1 unspecified atom stereocenters. The van der Waals surface area contributed by atoms with Crippen LogP contribution in [0.5, 0.6) is 0 Å². The molecule has 0 aliphatic carbocycles. The van der Waals surface area contributed by atoms with Gasteiger partial charge in [-0.05, 0) is 31.9 Å². The molecule has 1 aromatic rings. The number of methoxy groups -OCH3 is 1. The average Bonchev–Trinajstić information content (AvgIpc) is 2.71. The lowest BCUT2D eigenvalue weighted by atomic mass is 9.98. The highest BCUT2D eigenvalue weighted by Gasteiger charge is 2.35. The zero-order valence-electron chi connectivity index (χ0n) is 10.2. The number of thioether (sulfide) groups is 1. The Labute approximate surface area is 105 Å². The maximum Gasteiger partial charge on any atom is 0.339 e. The van der Waals surface area contributed by atoms with Gasteiger partial charge in [-0.1, -0.05) is 12.1 Å². The minimum absolute atomic E-state index is 0.0864. The molecule has 0 aromatic heterocycles. The summed E-state index contributed by atoms with van der Waals surface area (Å²) in [7, 11) is 1.38. The van der Waals surface area contributed by atoms with Crippen LogP contribution in [0.3, 0.4) is 0 Å². The summed E-state index contributed by atoms with van der Waals surface area (Å²) in [5, 5.41) is 10.1. The molecule has 0 radical (unpaired) electrons. The van der Waals surface area contributed by atoms with Crippen LogP contribution in [0.1, 0.15) is 29.8 Å². The van der Waals surface area contributed by atoms with E-state index in [1.165, 1.54) is 7.11 Å². The second-order valence-electron chi connectivity index (χ2n) is 4.75. The summed E-state index contributed by atoms with van der Waals surface area (Å²) in [5.74, 6) is -0.314. The van der Waals surface area contributed by atoms with Gasteiger partial charge in [-0.2, -0.15) is 0 Å². The fraction of sp³-hybridized carbons (Fsp3) is 0.462. The number of hydrogen-bond acceptors (Lipinski definition) is 4. The van der Waals surface area contributed by atoms with E-state index >= 15 is 0 Å². The zero-order chi connectivity index (χ0) is 12.6. The zero-order valence-corrected chi connectivity index (χ0v) is 11.0. The van der Waals surface area contributed by atoms with Crippen molar-refractivity contribution in [3.63, 3.8) is 0 Å². The Kier molecular flexibility index (Phi) is 3.19. The highest BCUT2D eigenvalue weighted by Crippen LogP contribution is 2.43. The van der Waals surface area contributed by atoms with Crippen molar-refractivity contribution in [2.24, 2.45) is 0 Å². The Morgan fingerprint density at radius 3 is 2.82 bits per heavy atom. The van der Waals surface area contributed by atoms with Crippen molar-refractivity contribution in [3.05, 3.63) is 29.3 Å². The Morgan fingerprint density at radius 1 is 1.53 bits per heavy atom. The quantitative estimate of drug-likeness (QED) is 0.820. The molecule has 0 spiro atoms. The van der Waals surface area contributed by atoms with E-state index in [0.717, 1.165) is 16.9 Å². The van der Waals surface area contributed by atoms with Crippen molar-refractivity contribution in [2.75, 3.05) is 7.11 Å². The summed E-state index contributed by atoms with van der Waals surface area (Å²) >= 11 is 1.56. The SMILES string of the molecule is COC(=O)c1cccc2c1SC(C(C)(C)O)C2. The maximum atomic E-state index is 11.6. The molecule has 1 aliphatic heterocycles. The first-order valence-electron chi connectivity index (χ1n) is 5.52. The van der Waals surface area contributed by atoms with Gasteiger partial charge in [0.2, 0.25) is 0 Å². The molecule has 0 bridgehead atoms. The van der Waals surface area contributed by atoms with Gasteiger partial charge in [-0.3, -0.25) is 0 Å². The molecular weight excluding hydrogens is 236 g/mol. The van der Waals surface area contributed by atoms with Crippen LogP contribution in [0, 0.1) is 0 Å². The van der Waals surface area contributed by atoms with Crippen molar-refractivity contribution >= 4 is 17.7 Å². The monoisotopic (exact) mass is 252 g/mol. The molecule has 3 nitrogen and oxygen atoms in total. The van der Waals surface area contributed by atoms with Crippen LogP contribution in [0.4, 0.5) is 0 Å². The predicted octanol–water partition coefficient (Wildman–Crippen LogP) is 2.26. The van der Waals surface area contributed by atoms with Crippen LogP contribution >= 0.6 is 11.8 Å². The largest absolute Gasteiger partial charge is 0.465 e. The Balaban J connectivity index is 2.35. The summed E-state index contributed by atoms with van der Waals surface area (Å²) < 4.78 is 4.77. The number of rotatable bonds is 2. The molecule has 0 amide bonds. The number of fused-ring (bicyclic) bond motifs is 1. The van der Waals surface area contributed by atoms with Gasteiger partial charge in [0.1, 0.15) is 0 Å². The van der Waals surface area contributed by atoms with Crippen LogP contribution in [-0.2, 0) is 11.2 Å². The van der Waals surface area contributed by atoms with Crippen LogP contribution < -0.4 is 0 Å². The second kappa shape index (κ2) is 4.35. The third-order valence-corrected chi connectivity index (χ3v) is 4.70. The molecule has 2 rings (SSSR count). The number of benzene rings is 1. The molecule has 17 heavy (non-hydrogen) atoms. The summed E-state index contributed by atoms with van der Waals surface area (Å²) in [5.41, 5.74) is 0.962. The molecule has 0 fully saturated rings. The van der Waals surface area contributed by atoms with Gasteiger partial charge in [-0.25, -0.2) is 4.79 Å². The molecule has 1 aliphatic rings. The van der Waals surface area contributed by atoms with Gasteiger partial charge >= 0.3 is 5.97 Å². The van der Waals surface area contributed by atoms with E-state index < -0.39 is 5.60 Å². The van der Waals surface area contributed by atoms with E-state index in [1.807, 2.05) is 12.1 Å². The molecule has 4 heteroatoms. The van der Waals surface area contributed by atoms with E-state index in [1.54, 1.807) is 31.7 Å². The number of aliphatic hydroxyl groups is 1. The number of carbonyl (C=O) groups excluding carboxylic acids is 1. The van der Waals surface area contributed by atoms with E-state index in [9.17, 15) is 9.90 Å². The molecule has 1 N–H and O–H groups in total. The van der Waals surface area contributed by atoms with Crippen LogP contribution in [-0.4, -0.2) is 29.0 Å². The normalized spacial score (nSPS) is 18.9. The van der Waals surface area contributed by atoms with E-state index in [0.29, 0.717) is 5.56 Å². The lowest BCUT2D eigenvalue weighted by Gasteiger charge is -2.24. The Bertz CT molecular complexity index is 448. The summed E-state index contributed by atoms with van der Waals surface area (Å²) in [6.07, 6.45) is 0.786. The highest BCUT2D eigenvalue weighted by molar-refractivity contribution is 8.00. The molecule has 0 saturated heterocycles. The molecular formula is C13H16O3S. The standard InChI is InChI=1S/C13H16O3S/c1-13(2,15)10-7-8-5-4-6-9(11(8)17-10)12(14)16-3/h4-6,10,15H,7H2,1-3H3. The van der Waals surface area contributed by atoms with Crippen molar-refractivity contribution in [3.8, 4) is 0 Å². The van der Waals surface area contributed by atoms with Crippen LogP contribution in [0.15, 0.2) is 23.1 Å². The minimum Gasteiger partial charge on any atom is -0.465 e. The first kappa shape index (κ1) is 12.5. The Morgan fingerprint density at radius 2 is 2.24 bits per heavy atom. The van der Waals surface area contributed by atoms with Crippen LogP contribution in [0.2, 0.25) is 0 Å². The highest BCUT2D eigenvalue weighted by atomic mass is 32.2. The predicted molar refractivity (Wildman–Crippen MR) is 67.4 cm³/mol. The van der Waals surface area contributed by atoms with Gasteiger partial charge in [0.25, 0.3) is 0 Å². The number of esters is 1. The van der Waals surface area contributed by atoms with E-state index in [2.05, 4.69) is 0 Å². The lowest BCUT2D eigenvalue weighted by Crippen LogP contribution is -2.32. The number of hydrogen-bond donors (Lipinski definition) is 1. The molecule has 1 aromatic carbocycles. The number of carbonyl (C=O) groups is 1. The van der Waals surface area contributed by atoms with Crippen LogP contribution in [0.25, 0.3) is 0 Å². The third kappa shape index (κ3) is 2.33. The van der Waals surface area contributed by atoms with E-state index in [4.69, 9.17) is 4.74 Å². The number of ether oxygens (including phenoxy) is 1. The van der Waals surface area contributed by atoms with Gasteiger partial charge < -0.3 is 9.84 Å². The van der Waals surface area contributed by atoms with Crippen molar-refractivity contribution in [2.45, 2.75) is 36.0 Å². The average molecular weight is 252 g/mol. The fourth-order valence-corrected chi connectivity index (χ4v) is 3.35. The van der Waals surface area contributed by atoms with Gasteiger partial charge in [0.05, 0.1) is 18.3 Å². The molecule has 0 saturated carbocycles. The first-order chi connectivity index (χ1) is 7.93. The van der Waals surface area contributed by atoms with Gasteiger partial charge in [0, 0.05) is 10.1 Å². The Hall–Kier alpha value is -1.00.